The average Bonchev–Trinajstić information content (AvgIpc) is 3.19. The summed E-state index contributed by atoms with van der Waals surface area (Å²) in [6, 6.07) is 12.8. The van der Waals surface area contributed by atoms with Gasteiger partial charge in [-0.1, -0.05) is 22.8 Å². The van der Waals surface area contributed by atoms with E-state index in [0.29, 0.717) is 41.1 Å². The normalized spacial score (nSPS) is 16.8. The molecule has 4 rings (SSSR count). The Morgan fingerprint density at radius 3 is 2.86 bits per heavy atom. The fraction of sp³-hybridized carbons (Fsp3) is 0.250. The second-order valence-electron chi connectivity index (χ2n) is 6.69. The number of anilines is 1. The number of piperidine rings is 1. The zero-order valence-electron chi connectivity index (χ0n) is 14.9. The Balaban J connectivity index is 1.43. The predicted molar refractivity (Wildman–Crippen MR) is 104 cm³/mol. The number of benzene rings is 2. The second kappa shape index (κ2) is 7.98. The molecule has 6 nitrogen and oxygen atoms in total. The van der Waals surface area contributed by atoms with E-state index in [9.17, 15) is 9.18 Å². The lowest BCUT2D eigenvalue weighted by molar-refractivity contribution is 0.184. The van der Waals surface area contributed by atoms with E-state index in [1.165, 1.54) is 12.1 Å². The second-order valence-corrected chi connectivity index (χ2v) is 7.13. The minimum Gasteiger partial charge on any atom is -0.339 e. The van der Waals surface area contributed by atoms with Crippen molar-refractivity contribution < 1.29 is 13.7 Å². The number of carbonyl (C=O) groups excluding carboxylic acids is 1. The van der Waals surface area contributed by atoms with Gasteiger partial charge in [-0.2, -0.15) is 4.98 Å². The molecule has 8 heteroatoms. The number of amides is 2. The average molecular weight is 401 g/mol. The monoisotopic (exact) mass is 400 g/mol. The lowest BCUT2D eigenvalue weighted by atomic mass is 9.98. The maximum absolute atomic E-state index is 13.1. The van der Waals surface area contributed by atoms with Crippen LogP contribution in [-0.2, 0) is 0 Å². The Morgan fingerprint density at radius 2 is 2.07 bits per heavy atom. The van der Waals surface area contributed by atoms with Crippen LogP contribution >= 0.6 is 11.6 Å². The number of nitrogens with zero attached hydrogens (tertiary/aromatic N) is 3. The highest BCUT2D eigenvalue weighted by Gasteiger charge is 2.28. The van der Waals surface area contributed by atoms with E-state index in [2.05, 4.69) is 15.5 Å². The summed E-state index contributed by atoms with van der Waals surface area (Å²) in [6.07, 6.45) is 1.69. The number of aromatic nitrogens is 2. The molecular formula is C20H18ClFN4O2. The maximum atomic E-state index is 13.1. The van der Waals surface area contributed by atoms with E-state index in [1.54, 1.807) is 41.3 Å². The quantitative estimate of drug-likeness (QED) is 0.675. The Hall–Kier alpha value is -2.93. The molecule has 1 saturated heterocycles. The molecule has 3 aromatic rings. The van der Waals surface area contributed by atoms with Crippen LogP contribution in [0.3, 0.4) is 0 Å². The van der Waals surface area contributed by atoms with Gasteiger partial charge in [0.1, 0.15) is 5.82 Å². The lowest BCUT2D eigenvalue weighted by Crippen LogP contribution is -2.41. The summed E-state index contributed by atoms with van der Waals surface area (Å²) in [5.74, 6) is 0.539. The molecule has 0 bridgehead atoms. The minimum atomic E-state index is -0.318. The summed E-state index contributed by atoms with van der Waals surface area (Å²) < 4.78 is 18.5. The molecule has 0 spiro atoms. The number of nitrogens with one attached hydrogen (secondary N) is 1. The Bertz CT molecular complexity index is 976. The maximum Gasteiger partial charge on any atom is 0.321 e. The van der Waals surface area contributed by atoms with Crippen LogP contribution in [0.4, 0.5) is 14.9 Å². The first-order valence-electron chi connectivity index (χ1n) is 8.99. The summed E-state index contributed by atoms with van der Waals surface area (Å²) in [7, 11) is 0. The van der Waals surface area contributed by atoms with E-state index in [1.807, 2.05) is 0 Å². The highest BCUT2D eigenvalue weighted by atomic mass is 35.5. The van der Waals surface area contributed by atoms with Crippen LogP contribution in [-0.4, -0.2) is 34.2 Å². The summed E-state index contributed by atoms with van der Waals surface area (Å²) in [6.45, 7) is 1.14. The third-order valence-corrected chi connectivity index (χ3v) is 4.91. The molecule has 1 atom stereocenters. The van der Waals surface area contributed by atoms with Crippen LogP contribution in [0.5, 0.6) is 0 Å². The van der Waals surface area contributed by atoms with Gasteiger partial charge in [-0.3, -0.25) is 0 Å². The van der Waals surface area contributed by atoms with Crippen LogP contribution in [0, 0.1) is 5.82 Å². The minimum absolute atomic E-state index is 0.0411. The topological polar surface area (TPSA) is 71.3 Å². The molecule has 28 heavy (non-hydrogen) atoms. The molecule has 0 saturated carbocycles. The zero-order chi connectivity index (χ0) is 19.5. The van der Waals surface area contributed by atoms with Crippen molar-refractivity contribution in [2.45, 2.75) is 18.8 Å². The van der Waals surface area contributed by atoms with Gasteiger partial charge in [0, 0.05) is 29.4 Å². The molecule has 0 radical (unpaired) electrons. The number of hydrogen-bond acceptors (Lipinski definition) is 4. The molecule has 0 unspecified atom stereocenters. The molecule has 1 N–H and O–H groups in total. The Morgan fingerprint density at radius 1 is 1.25 bits per heavy atom. The third-order valence-electron chi connectivity index (χ3n) is 4.68. The smallest absolute Gasteiger partial charge is 0.321 e. The first-order valence-corrected chi connectivity index (χ1v) is 9.37. The Kier molecular flexibility index (Phi) is 5.25. The molecule has 2 aromatic carbocycles. The highest BCUT2D eigenvalue weighted by molar-refractivity contribution is 6.30. The van der Waals surface area contributed by atoms with Gasteiger partial charge >= 0.3 is 6.03 Å². The van der Waals surface area contributed by atoms with Crippen LogP contribution in [0.15, 0.2) is 53.1 Å². The largest absolute Gasteiger partial charge is 0.339 e. The Labute approximate surface area is 166 Å². The van der Waals surface area contributed by atoms with Crippen molar-refractivity contribution in [1.29, 1.82) is 0 Å². The predicted octanol–water partition coefficient (Wildman–Crippen LogP) is 4.94. The summed E-state index contributed by atoms with van der Waals surface area (Å²) in [5, 5.41) is 7.42. The molecule has 1 fully saturated rings. The van der Waals surface area contributed by atoms with Gasteiger partial charge in [-0.05, 0) is 55.3 Å². The van der Waals surface area contributed by atoms with Crippen molar-refractivity contribution in [3.05, 3.63) is 65.3 Å². The number of rotatable bonds is 3. The van der Waals surface area contributed by atoms with E-state index < -0.39 is 0 Å². The molecule has 2 amide bonds. The molecule has 1 aliphatic heterocycles. The number of carbonyl (C=O) groups is 1. The van der Waals surface area contributed by atoms with Gasteiger partial charge in [-0.15, -0.1) is 0 Å². The number of halogens is 2. The summed E-state index contributed by atoms with van der Waals surface area (Å²) >= 11 is 5.97. The molecular weight excluding hydrogens is 383 g/mol. The van der Waals surface area contributed by atoms with Crippen molar-refractivity contribution in [2.75, 3.05) is 18.4 Å². The first-order chi connectivity index (χ1) is 13.6. The van der Waals surface area contributed by atoms with Crippen molar-refractivity contribution in [3.8, 4) is 11.4 Å². The van der Waals surface area contributed by atoms with Crippen molar-refractivity contribution in [2.24, 2.45) is 0 Å². The lowest BCUT2D eigenvalue weighted by Gasteiger charge is -2.31. The fourth-order valence-electron chi connectivity index (χ4n) is 3.25. The van der Waals surface area contributed by atoms with Gasteiger partial charge in [-0.25, -0.2) is 9.18 Å². The van der Waals surface area contributed by atoms with E-state index >= 15 is 0 Å². The van der Waals surface area contributed by atoms with E-state index in [-0.39, 0.29) is 17.8 Å². The standard InChI is InChI=1S/C20H18ClFN4O2/c21-15-4-1-5-17(11-15)23-20(27)26-10-2-3-14(12-26)19-24-18(25-28-19)13-6-8-16(22)9-7-13/h1,4-9,11,14H,2-3,10,12H2,(H,23,27)/t14-/m1/s1. The van der Waals surface area contributed by atoms with Crippen LogP contribution in [0.2, 0.25) is 5.02 Å². The van der Waals surface area contributed by atoms with Gasteiger partial charge in [0.05, 0.1) is 5.92 Å². The van der Waals surface area contributed by atoms with Crippen LogP contribution in [0.25, 0.3) is 11.4 Å². The number of likely N-dealkylation sites (tertiary alicyclic amines) is 1. The molecule has 0 aliphatic carbocycles. The highest BCUT2D eigenvalue weighted by Crippen LogP contribution is 2.28. The molecule has 144 valence electrons. The van der Waals surface area contributed by atoms with E-state index in [4.69, 9.17) is 16.1 Å². The SMILES string of the molecule is O=C(Nc1cccc(Cl)c1)N1CCC[C@@H](c2nc(-c3ccc(F)cc3)no2)C1. The molecule has 2 heterocycles. The van der Waals surface area contributed by atoms with Crippen molar-refractivity contribution >= 4 is 23.3 Å². The van der Waals surface area contributed by atoms with E-state index in [0.717, 1.165) is 12.8 Å². The number of hydrogen-bond donors (Lipinski definition) is 1. The first kappa shape index (κ1) is 18.4. The van der Waals surface area contributed by atoms with Gasteiger partial charge < -0.3 is 14.7 Å². The van der Waals surface area contributed by atoms with Crippen LogP contribution in [0.1, 0.15) is 24.7 Å². The van der Waals surface area contributed by atoms with Gasteiger partial charge in [0.15, 0.2) is 0 Å². The van der Waals surface area contributed by atoms with Gasteiger partial charge in [0.2, 0.25) is 11.7 Å². The summed E-state index contributed by atoms with van der Waals surface area (Å²) in [5.41, 5.74) is 1.33. The number of urea groups is 1. The molecule has 1 aliphatic rings. The van der Waals surface area contributed by atoms with Crippen LogP contribution < -0.4 is 5.32 Å². The molecule has 1 aromatic heterocycles. The van der Waals surface area contributed by atoms with Crippen molar-refractivity contribution in [3.63, 3.8) is 0 Å². The fourth-order valence-corrected chi connectivity index (χ4v) is 3.44. The van der Waals surface area contributed by atoms with Gasteiger partial charge in [0.25, 0.3) is 0 Å². The zero-order valence-corrected chi connectivity index (χ0v) is 15.7. The van der Waals surface area contributed by atoms with Crippen molar-refractivity contribution in [1.82, 2.24) is 15.0 Å². The third kappa shape index (κ3) is 4.14. The summed E-state index contributed by atoms with van der Waals surface area (Å²) in [4.78, 5) is 18.8.